The Hall–Kier alpha value is -2.86. The quantitative estimate of drug-likeness (QED) is 0.768. The Morgan fingerprint density at radius 3 is 2.57 bits per heavy atom. The lowest BCUT2D eigenvalue weighted by Gasteiger charge is -2.14. The third-order valence-corrected chi connectivity index (χ3v) is 3.71. The first-order valence-corrected chi connectivity index (χ1v) is 7.06. The lowest BCUT2D eigenvalue weighted by Crippen LogP contribution is -2.24. The van der Waals surface area contributed by atoms with Crippen molar-refractivity contribution in [2.45, 2.75) is 19.6 Å². The maximum absolute atomic E-state index is 12.5. The largest absolute Gasteiger partial charge is 0.508 e. The zero-order valence-electron chi connectivity index (χ0n) is 12.4. The highest BCUT2D eigenvalue weighted by Crippen LogP contribution is 2.18. The highest BCUT2D eigenvalue weighted by atomic mass is 16.4. The van der Waals surface area contributed by atoms with E-state index in [-0.39, 0.29) is 23.4 Å². The van der Waals surface area contributed by atoms with Crippen molar-refractivity contribution >= 4 is 11.0 Å². The molecule has 1 unspecified atom stereocenters. The lowest BCUT2D eigenvalue weighted by atomic mass is 10.1. The number of phenols is 1. The van der Waals surface area contributed by atoms with Gasteiger partial charge in [-0.2, -0.15) is 0 Å². The van der Waals surface area contributed by atoms with Crippen LogP contribution in [0.5, 0.6) is 5.75 Å². The number of aromatic hydroxyl groups is 1. The molecule has 2 aromatic heterocycles. The average molecular weight is 313 g/mol. The summed E-state index contributed by atoms with van der Waals surface area (Å²) in [5.74, 6) is 0.106. The Balaban J connectivity index is 2.00. The summed E-state index contributed by atoms with van der Waals surface area (Å²) in [6.07, 6.45) is 0.582. The van der Waals surface area contributed by atoms with Gasteiger partial charge in [0, 0.05) is 12.3 Å². The smallest absolute Gasteiger partial charge is 0.336 e. The van der Waals surface area contributed by atoms with Gasteiger partial charge in [0.05, 0.1) is 18.0 Å². The first-order valence-electron chi connectivity index (χ1n) is 7.06. The topological polar surface area (TPSA) is 92.7 Å². The second-order valence-electron chi connectivity index (χ2n) is 5.37. The summed E-state index contributed by atoms with van der Waals surface area (Å²) in [7, 11) is 0. The molecule has 3 rings (SSSR count). The summed E-state index contributed by atoms with van der Waals surface area (Å²) in [6.45, 7) is 1.72. The predicted octanol–water partition coefficient (Wildman–Crippen LogP) is 1.70. The zero-order valence-corrected chi connectivity index (χ0v) is 12.4. The van der Waals surface area contributed by atoms with E-state index in [2.05, 4.69) is 0 Å². The second-order valence-corrected chi connectivity index (χ2v) is 5.37. The van der Waals surface area contributed by atoms with Gasteiger partial charge in [0.15, 0.2) is 0 Å². The van der Waals surface area contributed by atoms with Crippen molar-refractivity contribution in [2.75, 3.05) is 0 Å². The third kappa shape index (κ3) is 2.89. The van der Waals surface area contributed by atoms with Crippen LogP contribution in [0.1, 0.15) is 17.2 Å². The van der Waals surface area contributed by atoms with E-state index in [1.54, 1.807) is 19.1 Å². The molecule has 0 saturated carbocycles. The molecule has 0 bridgehead atoms. The van der Waals surface area contributed by atoms with Gasteiger partial charge in [-0.3, -0.25) is 4.79 Å². The highest BCUT2D eigenvalue weighted by Gasteiger charge is 2.13. The normalized spacial score (nSPS) is 12.4. The van der Waals surface area contributed by atoms with Gasteiger partial charge >= 0.3 is 5.63 Å². The number of aliphatic hydroxyl groups excluding tert-OH is 1. The number of hydrogen-bond acceptors (Lipinski definition) is 5. The molecule has 0 saturated heterocycles. The fraction of sp³-hybridized carbons (Fsp3) is 0.176. The molecular formula is C17H15NO5. The molecule has 1 aromatic carbocycles. The SMILES string of the molecule is Cc1cc(=O)oc2ccn(CC(O)c3ccc(O)cc3)c(=O)c12. The molecule has 3 aromatic rings. The molecule has 0 aliphatic heterocycles. The minimum absolute atomic E-state index is 0.0537. The minimum Gasteiger partial charge on any atom is -0.508 e. The summed E-state index contributed by atoms with van der Waals surface area (Å²) < 4.78 is 6.39. The predicted molar refractivity (Wildman–Crippen MR) is 84.5 cm³/mol. The van der Waals surface area contributed by atoms with Gasteiger partial charge < -0.3 is 19.2 Å². The lowest BCUT2D eigenvalue weighted by molar-refractivity contribution is 0.155. The molecule has 6 heteroatoms. The number of phenolic OH excluding ortho intramolecular Hbond substituents is 1. The van der Waals surface area contributed by atoms with Gasteiger partial charge in [-0.1, -0.05) is 12.1 Å². The summed E-state index contributed by atoms with van der Waals surface area (Å²) in [5, 5.41) is 19.9. The van der Waals surface area contributed by atoms with Gasteiger partial charge in [0.2, 0.25) is 0 Å². The maximum atomic E-state index is 12.5. The number of fused-ring (bicyclic) bond motifs is 1. The Morgan fingerprint density at radius 1 is 1.17 bits per heavy atom. The van der Waals surface area contributed by atoms with Crippen LogP contribution in [0.4, 0.5) is 0 Å². The number of nitrogens with zero attached hydrogens (tertiary/aromatic N) is 1. The Morgan fingerprint density at radius 2 is 1.87 bits per heavy atom. The van der Waals surface area contributed by atoms with Crippen LogP contribution in [0.3, 0.4) is 0 Å². The summed E-state index contributed by atoms with van der Waals surface area (Å²) in [6, 6.07) is 8.94. The van der Waals surface area contributed by atoms with Crippen LogP contribution in [-0.2, 0) is 6.54 Å². The average Bonchev–Trinajstić information content (AvgIpc) is 2.50. The Bertz CT molecular complexity index is 969. The van der Waals surface area contributed by atoms with Crippen LogP contribution in [0.25, 0.3) is 11.0 Å². The number of benzene rings is 1. The van der Waals surface area contributed by atoms with E-state index in [0.29, 0.717) is 16.5 Å². The summed E-state index contributed by atoms with van der Waals surface area (Å²) >= 11 is 0. The van der Waals surface area contributed by atoms with E-state index < -0.39 is 11.7 Å². The molecular weight excluding hydrogens is 298 g/mol. The van der Waals surface area contributed by atoms with E-state index in [0.717, 1.165) is 0 Å². The number of hydrogen-bond donors (Lipinski definition) is 2. The molecule has 0 spiro atoms. The fourth-order valence-electron chi connectivity index (χ4n) is 2.52. The monoisotopic (exact) mass is 313 g/mol. The molecule has 0 aliphatic rings. The van der Waals surface area contributed by atoms with Gasteiger partial charge in [-0.25, -0.2) is 4.79 Å². The van der Waals surface area contributed by atoms with E-state index in [4.69, 9.17) is 4.42 Å². The Kier molecular flexibility index (Phi) is 3.75. The van der Waals surface area contributed by atoms with Gasteiger partial charge in [-0.05, 0) is 36.2 Å². The number of aliphatic hydroxyl groups is 1. The van der Waals surface area contributed by atoms with Crippen LogP contribution in [0.15, 0.2) is 56.6 Å². The molecule has 118 valence electrons. The molecule has 2 N–H and O–H groups in total. The van der Waals surface area contributed by atoms with E-state index >= 15 is 0 Å². The number of aromatic nitrogens is 1. The number of pyridine rings is 1. The zero-order chi connectivity index (χ0) is 16.6. The van der Waals surface area contributed by atoms with Crippen LogP contribution in [-0.4, -0.2) is 14.8 Å². The van der Waals surface area contributed by atoms with Crippen molar-refractivity contribution in [3.05, 3.63) is 74.5 Å². The van der Waals surface area contributed by atoms with Crippen molar-refractivity contribution < 1.29 is 14.6 Å². The fourth-order valence-corrected chi connectivity index (χ4v) is 2.52. The number of aryl methyl sites for hydroxylation is 1. The van der Waals surface area contributed by atoms with E-state index in [9.17, 15) is 19.8 Å². The molecule has 0 amide bonds. The first-order chi connectivity index (χ1) is 11.0. The summed E-state index contributed by atoms with van der Waals surface area (Å²) in [5.41, 5.74) is 0.522. The maximum Gasteiger partial charge on any atom is 0.336 e. The van der Waals surface area contributed by atoms with Crippen LogP contribution < -0.4 is 11.2 Å². The van der Waals surface area contributed by atoms with Gasteiger partial charge in [-0.15, -0.1) is 0 Å². The minimum atomic E-state index is -0.901. The second kappa shape index (κ2) is 5.73. The third-order valence-electron chi connectivity index (χ3n) is 3.71. The molecule has 1 atom stereocenters. The Labute approximate surface area is 130 Å². The van der Waals surface area contributed by atoms with Crippen LogP contribution in [0, 0.1) is 6.92 Å². The van der Waals surface area contributed by atoms with Gasteiger partial charge in [0.25, 0.3) is 5.56 Å². The molecule has 0 aliphatic carbocycles. The molecule has 2 heterocycles. The first kappa shape index (κ1) is 15.1. The highest BCUT2D eigenvalue weighted by molar-refractivity contribution is 5.78. The molecule has 6 nitrogen and oxygen atoms in total. The van der Waals surface area contributed by atoms with Crippen LogP contribution >= 0.6 is 0 Å². The molecule has 0 radical (unpaired) electrons. The van der Waals surface area contributed by atoms with Crippen LogP contribution in [0.2, 0.25) is 0 Å². The van der Waals surface area contributed by atoms with Crippen molar-refractivity contribution in [1.82, 2.24) is 4.57 Å². The number of rotatable bonds is 3. The standard InChI is InChI=1S/C17H15NO5/c1-10-8-15(21)23-14-6-7-18(17(22)16(10)14)9-13(20)11-2-4-12(19)5-3-11/h2-8,13,19-20H,9H2,1H3. The van der Waals surface area contributed by atoms with Crippen molar-refractivity contribution in [2.24, 2.45) is 0 Å². The van der Waals surface area contributed by atoms with E-state index in [1.165, 1.54) is 35.0 Å². The van der Waals surface area contributed by atoms with Gasteiger partial charge in [0.1, 0.15) is 11.3 Å². The van der Waals surface area contributed by atoms with Crippen molar-refractivity contribution in [1.29, 1.82) is 0 Å². The van der Waals surface area contributed by atoms with E-state index in [1.807, 2.05) is 0 Å². The molecule has 23 heavy (non-hydrogen) atoms. The van der Waals surface area contributed by atoms with Crippen molar-refractivity contribution in [3.8, 4) is 5.75 Å². The molecule has 0 fully saturated rings. The summed E-state index contributed by atoms with van der Waals surface area (Å²) in [4.78, 5) is 23.9. The van der Waals surface area contributed by atoms with Crippen molar-refractivity contribution in [3.63, 3.8) is 0 Å².